The van der Waals surface area contributed by atoms with Crippen LogP contribution in [0.5, 0.6) is 11.5 Å². The van der Waals surface area contributed by atoms with Gasteiger partial charge >= 0.3 is 5.69 Å². The number of fused-ring (bicyclic) bond motifs is 1. The zero-order chi connectivity index (χ0) is 16.6. The van der Waals surface area contributed by atoms with Gasteiger partial charge in [-0.05, 0) is 24.6 Å². The number of rotatable bonds is 4. The summed E-state index contributed by atoms with van der Waals surface area (Å²) in [7, 11) is 1.52. The predicted octanol–water partition coefficient (Wildman–Crippen LogP) is 1.55. The van der Waals surface area contributed by atoms with Crippen LogP contribution in [-0.4, -0.2) is 27.4 Å². The Bertz CT molecular complexity index is 785. The molecule has 2 aromatic rings. The number of nitrogens with one attached hydrogen (secondary N) is 1. The molecular weight excluding hydrogens is 304 g/mol. The Labute approximate surface area is 131 Å². The Morgan fingerprint density at radius 1 is 1.43 bits per heavy atom. The second-order valence-electron chi connectivity index (χ2n) is 5.10. The van der Waals surface area contributed by atoms with Gasteiger partial charge < -0.3 is 14.8 Å². The summed E-state index contributed by atoms with van der Waals surface area (Å²) in [5.41, 5.74) is 0.245. The molecule has 1 amide bonds. The second-order valence-corrected chi connectivity index (χ2v) is 5.10. The first-order chi connectivity index (χ1) is 11.0. The van der Waals surface area contributed by atoms with E-state index in [1.165, 1.54) is 17.9 Å². The summed E-state index contributed by atoms with van der Waals surface area (Å²) in [4.78, 5) is 22.6. The van der Waals surface area contributed by atoms with Crippen molar-refractivity contribution in [3.63, 3.8) is 0 Å². The summed E-state index contributed by atoms with van der Waals surface area (Å²) in [6, 6.07) is 4.94. The monoisotopic (exact) mass is 318 g/mol. The average molecular weight is 318 g/mol. The van der Waals surface area contributed by atoms with Gasteiger partial charge in [-0.15, -0.1) is 0 Å². The SMILES string of the molecule is C[C@H](NC(=O)c1nn(C)cc1[N+](=O)[O-])c1ccc2c(c1)OCO2. The van der Waals surface area contributed by atoms with E-state index in [1.54, 1.807) is 25.1 Å². The zero-order valence-electron chi connectivity index (χ0n) is 12.5. The van der Waals surface area contributed by atoms with Gasteiger partial charge in [-0.1, -0.05) is 6.07 Å². The number of hydrogen-bond acceptors (Lipinski definition) is 6. The van der Waals surface area contributed by atoms with Crippen molar-refractivity contribution in [1.82, 2.24) is 15.1 Å². The molecule has 0 spiro atoms. The predicted molar refractivity (Wildman–Crippen MR) is 78.3 cm³/mol. The minimum absolute atomic E-state index is 0.166. The Kier molecular flexibility index (Phi) is 3.61. The maximum absolute atomic E-state index is 12.3. The zero-order valence-corrected chi connectivity index (χ0v) is 12.5. The van der Waals surface area contributed by atoms with E-state index in [-0.39, 0.29) is 24.2 Å². The fourth-order valence-corrected chi connectivity index (χ4v) is 2.30. The lowest BCUT2D eigenvalue weighted by atomic mass is 10.1. The lowest BCUT2D eigenvalue weighted by Crippen LogP contribution is -2.27. The van der Waals surface area contributed by atoms with Crippen LogP contribution < -0.4 is 14.8 Å². The molecule has 1 aromatic heterocycles. The van der Waals surface area contributed by atoms with Gasteiger partial charge in [0.25, 0.3) is 5.91 Å². The Hall–Kier alpha value is -3.10. The number of hydrogen-bond donors (Lipinski definition) is 1. The molecule has 3 rings (SSSR count). The number of aromatic nitrogens is 2. The number of carbonyl (C=O) groups excluding carboxylic acids is 1. The van der Waals surface area contributed by atoms with Gasteiger partial charge in [0, 0.05) is 7.05 Å². The minimum atomic E-state index is -0.632. The van der Waals surface area contributed by atoms with Gasteiger partial charge in [-0.2, -0.15) is 5.10 Å². The summed E-state index contributed by atoms with van der Waals surface area (Å²) in [5, 5.41) is 17.5. The highest BCUT2D eigenvalue weighted by molar-refractivity contribution is 5.96. The van der Waals surface area contributed by atoms with Crippen LogP contribution in [0, 0.1) is 10.1 Å². The first-order valence-corrected chi connectivity index (χ1v) is 6.84. The van der Waals surface area contributed by atoms with Crippen LogP contribution >= 0.6 is 0 Å². The van der Waals surface area contributed by atoms with Crippen molar-refractivity contribution >= 4 is 11.6 Å². The molecule has 0 radical (unpaired) electrons. The van der Waals surface area contributed by atoms with E-state index in [2.05, 4.69) is 10.4 Å². The number of carbonyl (C=O) groups is 1. The third-order valence-corrected chi connectivity index (χ3v) is 3.47. The van der Waals surface area contributed by atoms with Crippen LogP contribution in [-0.2, 0) is 7.05 Å². The van der Waals surface area contributed by atoms with Crippen LogP contribution in [0.1, 0.15) is 29.0 Å². The van der Waals surface area contributed by atoms with Crippen molar-refractivity contribution in [3.8, 4) is 11.5 Å². The molecule has 0 fully saturated rings. The van der Waals surface area contributed by atoms with E-state index in [9.17, 15) is 14.9 Å². The first kappa shape index (κ1) is 14.8. The quantitative estimate of drug-likeness (QED) is 0.676. The van der Waals surface area contributed by atoms with Crippen molar-refractivity contribution in [1.29, 1.82) is 0 Å². The van der Waals surface area contributed by atoms with Gasteiger partial charge in [0.05, 0.1) is 11.0 Å². The topological polar surface area (TPSA) is 109 Å². The minimum Gasteiger partial charge on any atom is -0.454 e. The summed E-state index contributed by atoms with van der Waals surface area (Å²) < 4.78 is 11.8. The van der Waals surface area contributed by atoms with Gasteiger partial charge in [0.1, 0.15) is 6.20 Å². The van der Waals surface area contributed by atoms with Gasteiger partial charge in [-0.25, -0.2) is 0 Å². The van der Waals surface area contributed by atoms with E-state index < -0.39 is 10.8 Å². The smallest absolute Gasteiger partial charge is 0.320 e. The number of amides is 1. The van der Waals surface area contributed by atoms with Crippen molar-refractivity contribution in [3.05, 3.63) is 45.8 Å². The molecule has 0 unspecified atom stereocenters. The van der Waals surface area contributed by atoms with E-state index >= 15 is 0 Å². The molecule has 1 aliphatic heterocycles. The molecule has 9 heteroatoms. The molecule has 0 aliphatic carbocycles. The van der Waals surface area contributed by atoms with E-state index in [0.717, 1.165) is 5.56 Å². The Morgan fingerprint density at radius 2 is 2.17 bits per heavy atom. The molecule has 23 heavy (non-hydrogen) atoms. The largest absolute Gasteiger partial charge is 0.454 e. The van der Waals surface area contributed by atoms with Gasteiger partial charge in [0.15, 0.2) is 11.5 Å². The summed E-state index contributed by atoms with van der Waals surface area (Å²) >= 11 is 0. The van der Waals surface area contributed by atoms with Gasteiger partial charge in [0.2, 0.25) is 12.5 Å². The van der Waals surface area contributed by atoms with Gasteiger partial charge in [-0.3, -0.25) is 19.6 Å². The Balaban J connectivity index is 1.79. The molecule has 0 bridgehead atoms. The molecule has 1 N–H and O–H groups in total. The third kappa shape index (κ3) is 2.80. The van der Waals surface area contributed by atoms with Crippen LogP contribution in [0.15, 0.2) is 24.4 Å². The fraction of sp³-hybridized carbons (Fsp3) is 0.286. The highest BCUT2D eigenvalue weighted by Crippen LogP contribution is 2.34. The van der Waals surface area contributed by atoms with Crippen LogP contribution in [0.2, 0.25) is 0 Å². The molecule has 0 saturated heterocycles. The maximum Gasteiger partial charge on any atom is 0.320 e. The average Bonchev–Trinajstić information content (AvgIpc) is 3.12. The highest BCUT2D eigenvalue weighted by atomic mass is 16.7. The molecule has 1 aliphatic rings. The number of nitro groups is 1. The summed E-state index contributed by atoms with van der Waals surface area (Å²) in [5.74, 6) is 0.641. The maximum atomic E-state index is 12.3. The molecule has 1 aromatic carbocycles. The van der Waals surface area contributed by atoms with Crippen molar-refractivity contribution in [2.24, 2.45) is 7.05 Å². The van der Waals surface area contributed by atoms with Crippen LogP contribution in [0.4, 0.5) is 5.69 Å². The normalized spacial score (nSPS) is 13.7. The fourth-order valence-electron chi connectivity index (χ4n) is 2.30. The molecule has 1 atom stereocenters. The van der Waals surface area contributed by atoms with Crippen molar-refractivity contribution in [2.45, 2.75) is 13.0 Å². The highest BCUT2D eigenvalue weighted by Gasteiger charge is 2.26. The lowest BCUT2D eigenvalue weighted by molar-refractivity contribution is -0.385. The third-order valence-electron chi connectivity index (χ3n) is 3.47. The van der Waals surface area contributed by atoms with E-state index in [1.807, 2.05) is 0 Å². The van der Waals surface area contributed by atoms with E-state index in [0.29, 0.717) is 11.5 Å². The molecule has 120 valence electrons. The van der Waals surface area contributed by atoms with E-state index in [4.69, 9.17) is 9.47 Å². The van der Waals surface area contributed by atoms with Crippen LogP contribution in [0.3, 0.4) is 0 Å². The molecule has 9 nitrogen and oxygen atoms in total. The van der Waals surface area contributed by atoms with Crippen molar-refractivity contribution in [2.75, 3.05) is 6.79 Å². The number of nitrogens with zero attached hydrogens (tertiary/aromatic N) is 3. The molecule has 0 saturated carbocycles. The number of benzene rings is 1. The van der Waals surface area contributed by atoms with Crippen molar-refractivity contribution < 1.29 is 19.2 Å². The summed E-state index contributed by atoms with van der Waals surface area (Å²) in [6.45, 7) is 1.93. The first-order valence-electron chi connectivity index (χ1n) is 6.84. The Morgan fingerprint density at radius 3 is 2.91 bits per heavy atom. The summed E-state index contributed by atoms with van der Waals surface area (Å²) in [6.07, 6.45) is 1.19. The second kappa shape index (κ2) is 5.59. The lowest BCUT2D eigenvalue weighted by Gasteiger charge is -2.13. The van der Waals surface area contributed by atoms with Crippen LogP contribution in [0.25, 0.3) is 0 Å². The number of ether oxygens (including phenoxy) is 2. The standard InChI is InChI=1S/C14H14N4O5/c1-8(9-3-4-11-12(5-9)23-7-22-11)15-14(19)13-10(18(20)21)6-17(2)16-13/h3-6,8H,7H2,1-2H3,(H,15,19)/t8-/m0/s1. The molecular formula is C14H14N4O5. The number of aryl methyl sites for hydroxylation is 1. The molecule has 2 heterocycles.